The predicted molar refractivity (Wildman–Crippen MR) is 110 cm³/mol. The van der Waals surface area contributed by atoms with E-state index in [1.807, 2.05) is 31.3 Å². The molecule has 0 unspecified atom stereocenters. The Kier molecular flexibility index (Phi) is 3.88. The first-order chi connectivity index (χ1) is 13.2. The van der Waals surface area contributed by atoms with Crippen molar-refractivity contribution < 1.29 is 0 Å². The van der Waals surface area contributed by atoms with Crippen LogP contribution in [0.25, 0.3) is 32.7 Å². The summed E-state index contributed by atoms with van der Waals surface area (Å²) in [5.41, 5.74) is 5.58. The van der Waals surface area contributed by atoms with Crippen LogP contribution in [0.5, 0.6) is 0 Å². The van der Waals surface area contributed by atoms with Crippen molar-refractivity contribution in [3.8, 4) is 11.3 Å². The van der Waals surface area contributed by atoms with Gasteiger partial charge >= 0.3 is 0 Å². The van der Waals surface area contributed by atoms with Gasteiger partial charge in [0.25, 0.3) is 5.56 Å². The van der Waals surface area contributed by atoms with Crippen LogP contribution in [0.15, 0.2) is 53.5 Å². The zero-order valence-corrected chi connectivity index (χ0v) is 15.7. The van der Waals surface area contributed by atoms with Crippen LogP contribution in [0.4, 0.5) is 0 Å². The molecule has 6 heteroatoms. The van der Waals surface area contributed by atoms with E-state index in [4.69, 9.17) is 4.98 Å². The standard InChI is InChI=1S/C21H18N4OS/c1-13-23-17-4-2-15(10-19(17)27-13)18-11-21(26)25-12-16(3-5-20(25)24-18)14-6-8-22-9-7-14/h2-6,10-12,22H,7-9H2,1H3. The molecule has 0 fully saturated rings. The first-order valence-corrected chi connectivity index (χ1v) is 9.80. The van der Waals surface area contributed by atoms with Crippen molar-refractivity contribution >= 4 is 32.8 Å². The third kappa shape index (κ3) is 2.97. The number of hydrogen-bond acceptors (Lipinski definition) is 5. The number of pyridine rings is 1. The van der Waals surface area contributed by atoms with Crippen LogP contribution in [-0.4, -0.2) is 27.5 Å². The summed E-state index contributed by atoms with van der Waals surface area (Å²) in [6, 6.07) is 11.6. The van der Waals surface area contributed by atoms with Gasteiger partial charge in [-0.05, 0) is 55.3 Å². The van der Waals surface area contributed by atoms with E-state index in [2.05, 4.69) is 28.5 Å². The van der Waals surface area contributed by atoms with E-state index in [1.165, 1.54) is 5.57 Å². The van der Waals surface area contributed by atoms with Crippen molar-refractivity contribution in [3.05, 3.63) is 69.6 Å². The third-order valence-corrected chi connectivity index (χ3v) is 5.82. The third-order valence-electron chi connectivity index (χ3n) is 4.89. The number of hydrogen-bond donors (Lipinski definition) is 1. The first-order valence-electron chi connectivity index (χ1n) is 8.98. The van der Waals surface area contributed by atoms with E-state index in [0.29, 0.717) is 11.3 Å². The summed E-state index contributed by atoms with van der Waals surface area (Å²) in [5, 5.41) is 4.35. The number of nitrogens with one attached hydrogen (secondary N) is 1. The minimum Gasteiger partial charge on any atom is -0.313 e. The van der Waals surface area contributed by atoms with Crippen molar-refractivity contribution in [2.45, 2.75) is 13.3 Å². The monoisotopic (exact) mass is 374 g/mol. The summed E-state index contributed by atoms with van der Waals surface area (Å²) < 4.78 is 2.75. The highest BCUT2D eigenvalue weighted by Gasteiger charge is 2.10. The highest BCUT2D eigenvalue weighted by molar-refractivity contribution is 7.18. The van der Waals surface area contributed by atoms with Crippen molar-refractivity contribution in [3.63, 3.8) is 0 Å². The molecule has 5 nitrogen and oxygen atoms in total. The van der Waals surface area contributed by atoms with Gasteiger partial charge in [0, 0.05) is 24.4 Å². The number of benzene rings is 1. The maximum absolute atomic E-state index is 12.8. The molecule has 0 bridgehead atoms. The van der Waals surface area contributed by atoms with E-state index >= 15 is 0 Å². The molecule has 0 spiro atoms. The van der Waals surface area contributed by atoms with Crippen molar-refractivity contribution in [2.75, 3.05) is 13.1 Å². The summed E-state index contributed by atoms with van der Waals surface area (Å²) in [6.07, 6.45) is 5.06. The van der Waals surface area contributed by atoms with E-state index in [9.17, 15) is 4.79 Å². The van der Waals surface area contributed by atoms with E-state index in [0.717, 1.165) is 45.9 Å². The Morgan fingerprint density at radius 2 is 2.00 bits per heavy atom. The second-order valence-electron chi connectivity index (χ2n) is 6.72. The molecule has 0 aliphatic carbocycles. The number of fused-ring (bicyclic) bond motifs is 2. The van der Waals surface area contributed by atoms with Crippen LogP contribution >= 0.6 is 11.3 Å². The molecule has 0 radical (unpaired) electrons. The second kappa shape index (κ2) is 6.40. The maximum atomic E-state index is 12.8. The van der Waals surface area contributed by atoms with Gasteiger partial charge in [-0.15, -0.1) is 11.3 Å². The molecule has 27 heavy (non-hydrogen) atoms. The molecular formula is C21H18N4OS. The second-order valence-corrected chi connectivity index (χ2v) is 7.96. The summed E-state index contributed by atoms with van der Waals surface area (Å²) in [5.74, 6) is 0. The molecule has 1 aromatic carbocycles. The van der Waals surface area contributed by atoms with E-state index < -0.39 is 0 Å². The van der Waals surface area contributed by atoms with Gasteiger partial charge < -0.3 is 5.32 Å². The largest absolute Gasteiger partial charge is 0.313 e. The molecule has 0 amide bonds. The fraction of sp³-hybridized carbons (Fsp3) is 0.190. The fourth-order valence-corrected chi connectivity index (χ4v) is 4.39. The van der Waals surface area contributed by atoms with Gasteiger partial charge in [0.05, 0.1) is 20.9 Å². The summed E-state index contributed by atoms with van der Waals surface area (Å²) in [6.45, 7) is 3.84. The normalized spacial score (nSPS) is 14.6. The minimum absolute atomic E-state index is 0.0630. The molecule has 134 valence electrons. The first kappa shape index (κ1) is 16.4. The van der Waals surface area contributed by atoms with Crippen LogP contribution in [0, 0.1) is 6.92 Å². The van der Waals surface area contributed by atoms with E-state index in [-0.39, 0.29) is 5.56 Å². The molecule has 1 aliphatic heterocycles. The van der Waals surface area contributed by atoms with Crippen LogP contribution in [-0.2, 0) is 0 Å². The summed E-state index contributed by atoms with van der Waals surface area (Å²) >= 11 is 1.65. The number of aryl methyl sites for hydroxylation is 1. The SMILES string of the molecule is Cc1nc2ccc(-c3cc(=O)n4cc(C5=CCNCC5)ccc4n3)cc2s1. The van der Waals surface area contributed by atoms with Gasteiger partial charge in [0.1, 0.15) is 5.65 Å². The molecule has 0 saturated carbocycles. The summed E-state index contributed by atoms with van der Waals surface area (Å²) in [7, 11) is 0. The number of rotatable bonds is 2. The van der Waals surface area contributed by atoms with Crippen LogP contribution in [0.1, 0.15) is 17.0 Å². The number of nitrogens with zero attached hydrogens (tertiary/aromatic N) is 3. The van der Waals surface area contributed by atoms with Gasteiger partial charge in [0.2, 0.25) is 0 Å². The Hall–Kier alpha value is -2.83. The number of thiazole rings is 1. The van der Waals surface area contributed by atoms with Gasteiger partial charge in [-0.2, -0.15) is 0 Å². The highest BCUT2D eigenvalue weighted by atomic mass is 32.1. The summed E-state index contributed by atoms with van der Waals surface area (Å²) in [4.78, 5) is 22.0. The molecule has 0 atom stereocenters. The predicted octanol–water partition coefficient (Wildman–Crippen LogP) is 3.66. The molecule has 5 rings (SSSR count). The minimum atomic E-state index is -0.0630. The number of aromatic nitrogens is 3. The van der Waals surface area contributed by atoms with Crippen molar-refractivity contribution in [1.29, 1.82) is 0 Å². The lowest BCUT2D eigenvalue weighted by Gasteiger charge is -2.15. The van der Waals surface area contributed by atoms with Crippen LogP contribution < -0.4 is 10.9 Å². The maximum Gasteiger partial charge on any atom is 0.258 e. The fourth-order valence-electron chi connectivity index (χ4n) is 3.52. The quantitative estimate of drug-likeness (QED) is 0.582. The zero-order chi connectivity index (χ0) is 18.4. The molecule has 3 aromatic heterocycles. The van der Waals surface area contributed by atoms with Gasteiger partial charge in [-0.25, -0.2) is 9.97 Å². The zero-order valence-electron chi connectivity index (χ0n) is 14.9. The van der Waals surface area contributed by atoms with Gasteiger partial charge in [-0.1, -0.05) is 12.1 Å². The van der Waals surface area contributed by atoms with Gasteiger partial charge in [-0.3, -0.25) is 9.20 Å². The topological polar surface area (TPSA) is 59.3 Å². The molecule has 1 N–H and O–H groups in total. The lowest BCUT2D eigenvalue weighted by atomic mass is 10.0. The lowest BCUT2D eigenvalue weighted by molar-refractivity contribution is 0.738. The van der Waals surface area contributed by atoms with Crippen molar-refractivity contribution in [1.82, 2.24) is 19.7 Å². The highest BCUT2D eigenvalue weighted by Crippen LogP contribution is 2.27. The Morgan fingerprint density at radius 3 is 2.85 bits per heavy atom. The Bertz CT molecular complexity index is 1270. The van der Waals surface area contributed by atoms with Gasteiger partial charge in [0.15, 0.2) is 0 Å². The molecule has 0 saturated heterocycles. The molecule has 4 aromatic rings. The molecule has 4 heterocycles. The van der Waals surface area contributed by atoms with Crippen molar-refractivity contribution in [2.24, 2.45) is 0 Å². The lowest BCUT2D eigenvalue weighted by Crippen LogP contribution is -2.20. The average molecular weight is 374 g/mol. The Balaban J connectivity index is 1.61. The Labute approximate surface area is 160 Å². The Morgan fingerprint density at radius 1 is 1.11 bits per heavy atom. The molecule has 1 aliphatic rings. The average Bonchev–Trinajstić information content (AvgIpc) is 3.07. The smallest absolute Gasteiger partial charge is 0.258 e. The van der Waals surface area contributed by atoms with Crippen LogP contribution in [0.3, 0.4) is 0 Å². The van der Waals surface area contributed by atoms with Crippen LogP contribution in [0.2, 0.25) is 0 Å². The molecular weight excluding hydrogens is 356 g/mol. The van der Waals surface area contributed by atoms with E-state index in [1.54, 1.807) is 21.8 Å².